The van der Waals surface area contributed by atoms with Crippen molar-refractivity contribution in [3.05, 3.63) is 58.6 Å². The van der Waals surface area contributed by atoms with E-state index in [9.17, 15) is 9.59 Å². The predicted octanol–water partition coefficient (Wildman–Crippen LogP) is 3.21. The zero-order valence-electron chi connectivity index (χ0n) is 17.6. The molecule has 8 heteroatoms. The van der Waals surface area contributed by atoms with Gasteiger partial charge in [-0.2, -0.15) is 0 Å². The van der Waals surface area contributed by atoms with E-state index in [4.69, 9.17) is 11.6 Å². The maximum atomic E-state index is 12.5. The first-order chi connectivity index (χ1) is 15.0. The lowest BCUT2D eigenvalue weighted by atomic mass is 10.1. The van der Waals surface area contributed by atoms with Gasteiger partial charge >= 0.3 is 0 Å². The molecule has 2 heterocycles. The van der Waals surface area contributed by atoms with E-state index in [1.807, 2.05) is 18.2 Å². The number of carbonyl (C=O) groups excluding carboxylic acids is 2. The van der Waals surface area contributed by atoms with Gasteiger partial charge in [-0.05, 0) is 36.4 Å². The minimum Gasteiger partial charge on any atom is -0.352 e. The quantitative estimate of drug-likeness (QED) is 0.696. The lowest BCUT2D eigenvalue weighted by Crippen LogP contribution is -2.43. The van der Waals surface area contributed by atoms with Crippen LogP contribution in [0, 0.1) is 0 Å². The number of rotatable bonds is 6. The van der Waals surface area contributed by atoms with Crippen molar-refractivity contribution in [1.29, 1.82) is 0 Å². The summed E-state index contributed by atoms with van der Waals surface area (Å²) in [4.78, 5) is 30.6. The summed E-state index contributed by atoms with van der Waals surface area (Å²) in [5, 5.41) is 5.94. The number of benzene rings is 2. The lowest BCUT2D eigenvalue weighted by molar-refractivity contribution is -0.124. The van der Waals surface area contributed by atoms with Gasteiger partial charge in [0, 0.05) is 55.6 Å². The highest BCUT2D eigenvalue weighted by Gasteiger charge is 2.29. The average molecular weight is 459 g/mol. The third-order valence-corrected chi connectivity index (χ3v) is 7.13. The normalized spacial score (nSPS) is 19.5. The molecule has 6 nitrogen and oxygen atoms in total. The van der Waals surface area contributed by atoms with Crippen LogP contribution in [0.3, 0.4) is 0 Å². The Balaban J connectivity index is 1.28. The molecule has 2 N–H and O–H groups in total. The number of hydrogen-bond acceptors (Lipinski definition) is 5. The number of fused-ring (bicyclic) bond motifs is 1. The second-order valence-corrected chi connectivity index (χ2v) is 9.80. The van der Waals surface area contributed by atoms with Crippen molar-refractivity contribution in [3.63, 3.8) is 0 Å². The van der Waals surface area contributed by atoms with Crippen LogP contribution in [0.1, 0.15) is 17.5 Å². The summed E-state index contributed by atoms with van der Waals surface area (Å²) in [5.74, 6) is -0.293. The van der Waals surface area contributed by atoms with Gasteiger partial charge in [0.15, 0.2) is 0 Å². The Morgan fingerprint density at radius 3 is 2.74 bits per heavy atom. The molecule has 0 spiro atoms. The summed E-state index contributed by atoms with van der Waals surface area (Å²) in [5.41, 5.74) is 3.03. The van der Waals surface area contributed by atoms with E-state index in [1.54, 1.807) is 12.1 Å². The minimum absolute atomic E-state index is 0.130. The van der Waals surface area contributed by atoms with Crippen LogP contribution in [0.4, 0.5) is 5.69 Å². The largest absolute Gasteiger partial charge is 0.352 e. The Kier molecular flexibility index (Phi) is 7.17. The predicted molar refractivity (Wildman–Crippen MR) is 125 cm³/mol. The number of amides is 2. The van der Waals surface area contributed by atoms with Crippen LogP contribution in [0.15, 0.2) is 47.4 Å². The molecule has 1 unspecified atom stereocenters. The van der Waals surface area contributed by atoms with Crippen LogP contribution in [0.5, 0.6) is 0 Å². The number of likely N-dealkylation sites (N-methyl/N-ethyl adjacent to an activating group) is 1. The fraction of sp³-hybridized carbons (Fsp3) is 0.391. The summed E-state index contributed by atoms with van der Waals surface area (Å²) in [6.45, 7) is 5.74. The number of halogens is 1. The van der Waals surface area contributed by atoms with E-state index in [0.717, 1.165) is 43.2 Å². The summed E-state index contributed by atoms with van der Waals surface area (Å²) in [6.07, 6.45) is 0.138. The second kappa shape index (κ2) is 10.0. The molecule has 4 rings (SSSR count). The number of piperazine rings is 1. The van der Waals surface area contributed by atoms with Crippen LogP contribution in [-0.2, 0) is 22.7 Å². The minimum atomic E-state index is -0.447. The van der Waals surface area contributed by atoms with Crippen LogP contribution in [-0.4, -0.2) is 60.1 Å². The number of nitrogens with zero attached hydrogens (tertiary/aromatic N) is 2. The molecule has 0 saturated carbocycles. The Morgan fingerprint density at radius 2 is 1.94 bits per heavy atom. The van der Waals surface area contributed by atoms with Gasteiger partial charge < -0.3 is 15.5 Å². The molecular formula is C23H27ClN4O2S. The van der Waals surface area contributed by atoms with E-state index in [1.165, 1.54) is 17.3 Å². The smallest absolute Gasteiger partial charge is 0.238 e. The van der Waals surface area contributed by atoms with Gasteiger partial charge in [-0.15, -0.1) is 11.8 Å². The van der Waals surface area contributed by atoms with Gasteiger partial charge in [0.05, 0.1) is 10.9 Å². The maximum absolute atomic E-state index is 12.5. The first-order valence-corrected chi connectivity index (χ1v) is 11.7. The summed E-state index contributed by atoms with van der Waals surface area (Å²) >= 11 is 7.39. The molecule has 0 bridgehead atoms. The first kappa shape index (κ1) is 22.1. The second-order valence-electron chi connectivity index (χ2n) is 8.12. The van der Waals surface area contributed by atoms with Gasteiger partial charge in [0.1, 0.15) is 0 Å². The fourth-order valence-electron chi connectivity index (χ4n) is 3.80. The van der Waals surface area contributed by atoms with Gasteiger partial charge in [0.2, 0.25) is 11.8 Å². The van der Waals surface area contributed by atoms with Crippen molar-refractivity contribution >= 4 is 40.9 Å². The van der Waals surface area contributed by atoms with Crippen molar-refractivity contribution in [2.45, 2.75) is 29.7 Å². The Bertz CT molecular complexity index is 962. The van der Waals surface area contributed by atoms with Crippen molar-refractivity contribution < 1.29 is 9.59 Å². The molecule has 2 aromatic carbocycles. The van der Waals surface area contributed by atoms with E-state index in [2.05, 4.69) is 39.6 Å². The number of hydrogen-bond donors (Lipinski definition) is 2. The highest BCUT2D eigenvalue weighted by Crippen LogP contribution is 2.38. The van der Waals surface area contributed by atoms with Gasteiger partial charge in [-0.3, -0.25) is 14.5 Å². The average Bonchev–Trinajstić information content (AvgIpc) is 2.75. The molecular weight excluding hydrogens is 432 g/mol. The molecule has 2 aromatic rings. The van der Waals surface area contributed by atoms with Gasteiger partial charge in [-0.1, -0.05) is 35.9 Å². The Morgan fingerprint density at radius 1 is 1.16 bits per heavy atom. The molecule has 1 saturated heterocycles. The standard InChI is InChI=1S/C23H27ClN4O2S/c1-27-7-9-28(10-8-27)15-17-4-2-3-16(11-17)14-25-22(29)13-21-23(30)26-19-12-18(24)5-6-20(19)31-21/h2-6,11-12,21H,7-10,13-15H2,1H3,(H,25,29)(H,26,30). The van der Waals surface area contributed by atoms with Crippen molar-refractivity contribution in [2.75, 3.05) is 38.5 Å². The van der Waals surface area contributed by atoms with E-state index >= 15 is 0 Å². The van der Waals surface area contributed by atoms with Crippen LogP contribution in [0.25, 0.3) is 0 Å². The summed E-state index contributed by atoms with van der Waals surface area (Å²) < 4.78 is 0. The van der Waals surface area contributed by atoms with E-state index < -0.39 is 5.25 Å². The lowest BCUT2D eigenvalue weighted by Gasteiger charge is -2.32. The zero-order valence-corrected chi connectivity index (χ0v) is 19.1. The SMILES string of the molecule is CN1CCN(Cc2cccc(CNC(=O)CC3Sc4ccc(Cl)cc4NC3=O)c2)CC1. The molecule has 31 heavy (non-hydrogen) atoms. The number of carbonyl (C=O) groups is 2. The highest BCUT2D eigenvalue weighted by molar-refractivity contribution is 8.01. The molecule has 164 valence electrons. The summed E-state index contributed by atoms with van der Waals surface area (Å²) in [6, 6.07) is 13.7. The van der Waals surface area contributed by atoms with E-state index in [-0.39, 0.29) is 18.2 Å². The van der Waals surface area contributed by atoms with Crippen LogP contribution in [0.2, 0.25) is 5.02 Å². The Hall–Kier alpha value is -2.06. The number of nitrogens with one attached hydrogen (secondary N) is 2. The topological polar surface area (TPSA) is 64.7 Å². The van der Waals surface area contributed by atoms with Crippen LogP contribution < -0.4 is 10.6 Å². The molecule has 2 amide bonds. The first-order valence-electron chi connectivity index (χ1n) is 10.5. The molecule has 1 atom stereocenters. The molecule has 2 aliphatic heterocycles. The number of thioether (sulfide) groups is 1. The maximum Gasteiger partial charge on any atom is 0.238 e. The molecule has 1 fully saturated rings. The van der Waals surface area contributed by atoms with Gasteiger partial charge in [0.25, 0.3) is 0 Å². The van der Waals surface area contributed by atoms with Gasteiger partial charge in [-0.25, -0.2) is 0 Å². The summed E-state index contributed by atoms with van der Waals surface area (Å²) in [7, 11) is 2.16. The molecule has 0 aromatic heterocycles. The van der Waals surface area contributed by atoms with Crippen LogP contribution >= 0.6 is 23.4 Å². The molecule has 2 aliphatic rings. The zero-order chi connectivity index (χ0) is 21.8. The monoisotopic (exact) mass is 458 g/mol. The third-order valence-electron chi connectivity index (χ3n) is 5.62. The molecule has 0 aliphatic carbocycles. The third kappa shape index (κ3) is 6.01. The Labute approximate surface area is 192 Å². The molecule has 0 radical (unpaired) electrons. The highest BCUT2D eigenvalue weighted by atomic mass is 35.5. The van der Waals surface area contributed by atoms with Crippen molar-refractivity contribution in [2.24, 2.45) is 0 Å². The van der Waals surface area contributed by atoms with Crippen molar-refractivity contribution in [3.8, 4) is 0 Å². The van der Waals surface area contributed by atoms with E-state index in [0.29, 0.717) is 17.3 Å². The fourth-order valence-corrected chi connectivity index (χ4v) is 5.06. The number of anilines is 1. The van der Waals surface area contributed by atoms with Crippen molar-refractivity contribution in [1.82, 2.24) is 15.1 Å².